The maximum atomic E-state index is 11.4. The predicted octanol–water partition coefficient (Wildman–Crippen LogP) is 3.02. The lowest BCUT2D eigenvalue weighted by molar-refractivity contribution is -0.142. The van der Waals surface area contributed by atoms with E-state index in [-0.39, 0.29) is 12.4 Å². The predicted molar refractivity (Wildman–Crippen MR) is 93.9 cm³/mol. The van der Waals surface area contributed by atoms with Gasteiger partial charge in [0.25, 0.3) is 0 Å². The molecule has 0 aliphatic carbocycles. The lowest BCUT2D eigenvalue weighted by Gasteiger charge is -2.16. The smallest absolute Gasteiger partial charge is 0.311 e. The normalized spacial score (nSPS) is 13.4. The third-order valence-electron chi connectivity index (χ3n) is 3.49. The first kappa shape index (κ1) is 16.4. The molecule has 0 fully saturated rings. The van der Waals surface area contributed by atoms with Crippen LogP contribution in [0.5, 0.6) is 5.75 Å². The summed E-state index contributed by atoms with van der Waals surface area (Å²) < 4.78 is 10.5. The molecule has 3 rings (SSSR count). The Balaban J connectivity index is 1.56. The van der Waals surface area contributed by atoms with E-state index in [4.69, 9.17) is 9.47 Å². The van der Waals surface area contributed by atoms with Crippen LogP contribution in [0.3, 0.4) is 0 Å². The number of thiazole rings is 1. The van der Waals surface area contributed by atoms with Crippen molar-refractivity contribution in [2.24, 2.45) is 5.10 Å². The van der Waals surface area contributed by atoms with E-state index in [0.29, 0.717) is 17.4 Å². The average molecular weight is 345 g/mol. The Labute approximate surface area is 144 Å². The van der Waals surface area contributed by atoms with Gasteiger partial charge in [0.15, 0.2) is 0 Å². The molecule has 0 saturated heterocycles. The average Bonchev–Trinajstić information content (AvgIpc) is 3.02. The number of hydrazone groups is 1. The fraction of sp³-hybridized carbons (Fsp3) is 0.353. The van der Waals surface area contributed by atoms with E-state index in [1.807, 2.05) is 17.5 Å². The molecule has 2 aromatic rings. The van der Waals surface area contributed by atoms with Gasteiger partial charge in [-0.15, -0.1) is 11.3 Å². The van der Waals surface area contributed by atoms with Crippen LogP contribution in [0.1, 0.15) is 30.2 Å². The van der Waals surface area contributed by atoms with E-state index in [1.54, 1.807) is 13.1 Å². The molecule has 0 bridgehead atoms. The Morgan fingerprint density at radius 3 is 3.33 bits per heavy atom. The van der Waals surface area contributed by atoms with Crippen molar-refractivity contribution in [2.75, 3.05) is 18.6 Å². The zero-order chi connectivity index (χ0) is 16.8. The van der Waals surface area contributed by atoms with Crippen molar-refractivity contribution in [3.8, 4) is 5.75 Å². The molecule has 0 unspecified atom stereocenters. The fourth-order valence-corrected chi connectivity index (χ4v) is 3.08. The molecule has 0 spiro atoms. The summed E-state index contributed by atoms with van der Waals surface area (Å²) in [6.07, 6.45) is 4.02. The molecule has 0 atom stereocenters. The number of ether oxygens (including phenoxy) is 2. The number of aromatic nitrogens is 1. The third kappa shape index (κ3) is 4.32. The van der Waals surface area contributed by atoms with Crippen LogP contribution in [0.4, 0.5) is 5.13 Å². The van der Waals surface area contributed by atoms with Gasteiger partial charge >= 0.3 is 5.97 Å². The number of carbonyl (C=O) groups excluding carboxylic acids is 1. The zero-order valence-corrected chi connectivity index (χ0v) is 14.3. The van der Waals surface area contributed by atoms with Crippen molar-refractivity contribution in [1.29, 1.82) is 0 Å². The number of anilines is 1. The Bertz CT molecular complexity index is 742. The lowest BCUT2D eigenvalue weighted by atomic mass is 10.0. The van der Waals surface area contributed by atoms with Gasteiger partial charge in [0.2, 0.25) is 5.13 Å². The number of fused-ring (bicyclic) bond motifs is 1. The Kier molecular flexibility index (Phi) is 5.43. The standard InChI is InChI=1S/C17H19N3O3S/c1-2-22-16(21)9-14-11-24-17(19-14)20-18-10-12-5-6-15-13(8-12)4-3-7-23-15/h5-6,8,10-11H,2-4,7,9H2,1H3,(H,19,20). The topological polar surface area (TPSA) is 72.8 Å². The van der Waals surface area contributed by atoms with E-state index in [9.17, 15) is 4.79 Å². The number of hydrogen-bond acceptors (Lipinski definition) is 7. The van der Waals surface area contributed by atoms with Gasteiger partial charge in [0, 0.05) is 5.38 Å². The molecule has 7 heteroatoms. The molecular weight excluding hydrogens is 326 g/mol. The van der Waals surface area contributed by atoms with Crippen LogP contribution in [0.15, 0.2) is 28.7 Å². The molecule has 24 heavy (non-hydrogen) atoms. The maximum Gasteiger partial charge on any atom is 0.311 e. The van der Waals surface area contributed by atoms with E-state index < -0.39 is 0 Å². The molecule has 0 amide bonds. The first-order valence-corrected chi connectivity index (χ1v) is 8.77. The molecule has 1 aliphatic rings. The number of rotatable bonds is 6. The monoisotopic (exact) mass is 345 g/mol. The number of esters is 1. The van der Waals surface area contributed by atoms with E-state index in [1.165, 1.54) is 16.9 Å². The molecule has 1 N–H and O–H groups in total. The zero-order valence-electron chi connectivity index (χ0n) is 13.4. The van der Waals surface area contributed by atoms with Crippen molar-refractivity contribution in [3.63, 3.8) is 0 Å². The van der Waals surface area contributed by atoms with Gasteiger partial charge < -0.3 is 9.47 Å². The van der Waals surface area contributed by atoms with Gasteiger partial charge in [-0.1, -0.05) is 0 Å². The Morgan fingerprint density at radius 1 is 1.54 bits per heavy atom. The second kappa shape index (κ2) is 7.92. The molecule has 1 aliphatic heterocycles. The highest BCUT2D eigenvalue weighted by Gasteiger charge is 2.10. The summed E-state index contributed by atoms with van der Waals surface area (Å²) in [4.78, 5) is 15.7. The summed E-state index contributed by atoms with van der Waals surface area (Å²) in [7, 11) is 0. The van der Waals surface area contributed by atoms with Crippen LogP contribution in [0.25, 0.3) is 0 Å². The number of carbonyl (C=O) groups is 1. The molecule has 1 aromatic carbocycles. The minimum absolute atomic E-state index is 0.181. The van der Waals surface area contributed by atoms with Gasteiger partial charge in [-0.2, -0.15) is 5.10 Å². The summed E-state index contributed by atoms with van der Waals surface area (Å²) >= 11 is 1.40. The number of benzene rings is 1. The second-order valence-electron chi connectivity index (χ2n) is 5.31. The van der Waals surface area contributed by atoms with Crippen LogP contribution >= 0.6 is 11.3 Å². The Morgan fingerprint density at radius 2 is 2.46 bits per heavy atom. The van der Waals surface area contributed by atoms with E-state index in [0.717, 1.165) is 30.8 Å². The van der Waals surface area contributed by atoms with Crippen LogP contribution < -0.4 is 10.2 Å². The molecule has 0 saturated carbocycles. The first-order valence-electron chi connectivity index (χ1n) is 7.89. The quantitative estimate of drug-likeness (QED) is 0.495. The Hall–Kier alpha value is -2.41. The fourth-order valence-electron chi connectivity index (χ4n) is 2.42. The third-order valence-corrected chi connectivity index (χ3v) is 4.28. The number of aryl methyl sites for hydroxylation is 1. The summed E-state index contributed by atoms with van der Waals surface area (Å²) in [5, 5.41) is 6.68. The minimum atomic E-state index is -0.269. The molecule has 6 nitrogen and oxygen atoms in total. The molecule has 1 aromatic heterocycles. The van der Waals surface area contributed by atoms with Crippen LogP contribution in [0.2, 0.25) is 0 Å². The van der Waals surface area contributed by atoms with Crippen molar-refractivity contribution < 1.29 is 14.3 Å². The second-order valence-corrected chi connectivity index (χ2v) is 6.17. The highest BCUT2D eigenvalue weighted by atomic mass is 32.1. The number of nitrogens with one attached hydrogen (secondary N) is 1. The SMILES string of the molecule is CCOC(=O)Cc1csc(NN=Cc2ccc3c(c2)CCCO3)n1. The van der Waals surface area contributed by atoms with Crippen LogP contribution in [-0.2, 0) is 22.4 Å². The van der Waals surface area contributed by atoms with Crippen molar-refractivity contribution >= 4 is 28.7 Å². The lowest BCUT2D eigenvalue weighted by Crippen LogP contribution is -2.08. The van der Waals surface area contributed by atoms with Crippen LogP contribution in [-0.4, -0.2) is 30.4 Å². The van der Waals surface area contributed by atoms with E-state index >= 15 is 0 Å². The van der Waals surface area contributed by atoms with Crippen molar-refractivity contribution in [3.05, 3.63) is 40.4 Å². The number of hydrogen-bond donors (Lipinski definition) is 1. The highest BCUT2D eigenvalue weighted by Crippen LogP contribution is 2.25. The van der Waals surface area contributed by atoms with Crippen LogP contribution in [0, 0.1) is 0 Å². The summed E-state index contributed by atoms with van der Waals surface area (Å²) in [5.74, 6) is 0.698. The molecule has 126 valence electrons. The molecular formula is C17H19N3O3S. The van der Waals surface area contributed by atoms with Gasteiger partial charge in [-0.25, -0.2) is 4.98 Å². The van der Waals surface area contributed by atoms with Crippen molar-refractivity contribution in [1.82, 2.24) is 4.98 Å². The van der Waals surface area contributed by atoms with Gasteiger partial charge in [-0.05, 0) is 49.1 Å². The van der Waals surface area contributed by atoms with Crippen molar-refractivity contribution in [2.45, 2.75) is 26.2 Å². The van der Waals surface area contributed by atoms with Gasteiger partial charge in [0.05, 0.1) is 31.5 Å². The van der Waals surface area contributed by atoms with Gasteiger partial charge in [0.1, 0.15) is 5.75 Å². The van der Waals surface area contributed by atoms with E-state index in [2.05, 4.69) is 21.6 Å². The highest BCUT2D eigenvalue weighted by molar-refractivity contribution is 7.13. The summed E-state index contributed by atoms with van der Waals surface area (Å²) in [6.45, 7) is 2.96. The maximum absolute atomic E-state index is 11.4. The number of nitrogens with zero attached hydrogens (tertiary/aromatic N) is 2. The first-order chi connectivity index (χ1) is 11.7. The molecule has 2 heterocycles. The minimum Gasteiger partial charge on any atom is -0.493 e. The summed E-state index contributed by atoms with van der Waals surface area (Å²) in [5.41, 5.74) is 5.80. The summed E-state index contributed by atoms with van der Waals surface area (Å²) in [6, 6.07) is 6.05. The molecule has 0 radical (unpaired) electrons. The van der Waals surface area contributed by atoms with Gasteiger partial charge in [-0.3, -0.25) is 10.2 Å². The largest absolute Gasteiger partial charge is 0.493 e.